The van der Waals surface area contributed by atoms with Crippen molar-refractivity contribution in [2.75, 3.05) is 5.33 Å². The van der Waals surface area contributed by atoms with Crippen LogP contribution in [0.3, 0.4) is 0 Å². The van der Waals surface area contributed by atoms with Crippen LogP contribution in [-0.2, 0) is 0 Å². The van der Waals surface area contributed by atoms with Gasteiger partial charge in [0.05, 0.1) is 18.0 Å². The molecule has 2 nitrogen and oxygen atoms in total. The van der Waals surface area contributed by atoms with Crippen molar-refractivity contribution >= 4 is 15.9 Å². The number of hydrogen-bond donors (Lipinski definition) is 0. The van der Waals surface area contributed by atoms with Crippen molar-refractivity contribution in [3.8, 4) is 18.4 Å². The average molecular weight is 279 g/mol. The number of hydrogen-bond acceptors (Lipinski definition) is 1. The zero-order valence-electron chi connectivity index (χ0n) is 9.46. The lowest BCUT2D eigenvalue weighted by Crippen LogP contribution is -2.05. The van der Waals surface area contributed by atoms with Crippen molar-refractivity contribution in [3.05, 3.63) is 22.7 Å². The molecule has 0 aromatic carbocycles. The number of nitriles is 1. The van der Waals surface area contributed by atoms with Gasteiger partial charge in [0.1, 0.15) is 0 Å². The minimum atomic E-state index is 0.335. The molecule has 0 atom stereocenters. The Bertz CT molecular complexity index is 337. The zero-order valence-corrected chi connectivity index (χ0v) is 11.0. The molecule has 1 aliphatic rings. The average Bonchev–Trinajstić information content (AvgIpc) is 2.33. The molecule has 0 saturated heterocycles. The smallest absolute Gasteiger partial charge is 0.227 e. The van der Waals surface area contributed by atoms with Gasteiger partial charge in [-0.05, 0) is 31.6 Å². The van der Waals surface area contributed by atoms with Gasteiger partial charge in [-0.3, -0.25) is 0 Å². The first-order valence-electron chi connectivity index (χ1n) is 5.18. The van der Waals surface area contributed by atoms with Gasteiger partial charge in [0.2, 0.25) is 0 Å². The van der Waals surface area contributed by atoms with Gasteiger partial charge in [-0.25, -0.2) is 10.1 Å². The second-order valence-corrected chi connectivity index (χ2v) is 4.26. The van der Waals surface area contributed by atoms with Crippen LogP contribution in [0.5, 0.6) is 0 Å². The van der Waals surface area contributed by atoms with E-state index in [4.69, 9.17) is 18.3 Å². The summed E-state index contributed by atoms with van der Waals surface area (Å²) in [5, 5.41) is 9.28. The van der Waals surface area contributed by atoms with Crippen molar-refractivity contribution < 1.29 is 0 Å². The van der Waals surface area contributed by atoms with Crippen LogP contribution in [0.2, 0.25) is 0 Å². The van der Waals surface area contributed by atoms with Gasteiger partial charge in [-0.15, -0.1) is 6.42 Å². The van der Waals surface area contributed by atoms with E-state index in [0.717, 1.165) is 37.2 Å². The minimum absolute atomic E-state index is 0.335. The number of allylic oxidation sites excluding steroid dienone is 2. The third kappa shape index (κ3) is 5.59. The van der Waals surface area contributed by atoms with E-state index in [1.165, 1.54) is 0 Å². The standard InChI is InChI=1S/C10H12N2.C3H3Br/c1-8-3-5-9(6-4-8)10(7-11)12-2;1-2-3-4/h8H,3-6H2,1H3;1H,3H2. The molecule has 1 aliphatic carbocycles. The van der Waals surface area contributed by atoms with E-state index in [9.17, 15) is 0 Å². The lowest BCUT2D eigenvalue weighted by Gasteiger charge is -2.19. The van der Waals surface area contributed by atoms with E-state index in [0.29, 0.717) is 11.0 Å². The maximum Gasteiger partial charge on any atom is 0.261 e. The summed E-state index contributed by atoms with van der Waals surface area (Å²) in [7, 11) is 0. The molecule has 1 fully saturated rings. The predicted octanol–water partition coefficient (Wildman–Crippen LogP) is 3.91. The van der Waals surface area contributed by atoms with Crippen molar-refractivity contribution in [1.82, 2.24) is 0 Å². The summed E-state index contributed by atoms with van der Waals surface area (Å²) in [6.07, 6.45) is 8.90. The van der Waals surface area contributed by atoms with Crippen molar-refractivity contribution in [1.29, 1.82) is 5.26 Å². The van der Waals surface area contributed by atoms with Crippen LogP contribution in [0.4, 0.5) is 0 Å². The van der Waals surface area contributed by atoms with Crippen LogP contribution in [0.1, 0.15) is 32.6 Å². The molecule has 0 N–H and O–H groups in total. The van der Waals surface area contributed by atoms with Gasteiger partial charge in [0.25, 0.3) is 5.70 Å². The molecule has 0 amide bonds. The molecule has 0 radical (unpaired) electrons. The molecule has 16 heavy (non-hydrogen) atoms. The highest BCUT2D eigenvalue weighted by Crippen LogP contribution is 2.29. The van der Waals surface area contributed by atoms with Gasteiger partial charge in [0.15, 0.2) is 0 Å². The van der Waals surface area contributed by atoms with Crippen molar-refractivity contribution in [2.24, 2.45) is 5.92 Å². The Kier molecular flexibility index (Phi) is 8.32. The van der Waals surface area contributed by atoms with E-state index in [1.54, 1.807) is 0 Å². The second kappa shape index (κ2) is 9.02. The first kappa shape index (κ1) is 14.8. The normalized spacial score (nSPS) is 18.2. The Hall–Kier alpha value is -1.24. The number of halogens is 1. The third-order valence-electron chi connectivity index (χ3n) is 2.51. The monoisotopic (exact) mass is 278 g/mol. The number of terminal acetylenes is 1. The van der Waals surface area contributed by atoms with E-state index >= 15 is 0 Å². The van der Waals surface area contributed by atoms with Crippen LogP contribution in [0, 0.1) is 36.2 Å². The molecule has 1 saturated carbocycles. The largest absolute Gasteiger partial charge is 0.261 e. The van der Waals surface area contributed by atoms with Crippen LogP contribution in [-0.4, -0.2) is 5.33 Å². The van der Waals surface area contributed by atoms with Gasteiger partial charge in [0, 0.05) is 0 Å². The molecule has 0 aromatic heterocycles. The van der Waals surface area contributed by atoms with Crippen molar-refractivity contribution in [3.63, 3.8) is 0 Å². The third-order valence-corrected chi connectivity index (χ3v) is 2.83. The zero-order chi connectivity index (χ0) is 12.4. The first-order chi connectivity index (χ1) is 7.69. The number of rotatable bonds is 0. The number of nitrogens with zero attached hydrogens (tertiary/aromatic N) is 2. The summed E-state index contributed by atoms with van der Waals surface area (Å²) in [4.78, 5) is 3.22. The van der Waals surface area contributed by atoms with Gasteiger partial charge in [-0.1, -0.05) is 34.3 Å². The summed E-state index contributed by atoms with van der Waals surface area (Å²) in [5.74, 6) is 3.11. The molecular weight excluding hydrogens is 264 g/mol. The molecule has 0 unspecified atom stereocenters. The highest BCUT2D eigenvalue weighted by Gasteiger charge is 2.15. The fourth-order valence-corrected chi connectivity index (χ4v) is 1.53. The van der Waals surface area contributed by atoms with E-state index < -0.39 is 0 Å². The lowest BCUT2D eigenvalue weighted by atomic mass is 9.86. The molecule has 0 aliphatic heterocycles. The first-order valence-corrected chi connectivity index (χ1v) is 6.30. The highest BCUT2D eigenvalue weighted by molar-refractivity contribution is 9.09. The molecule has 0 aromatic rings. The Balaban J connectivity index is 0.000000487. The molecule has 0 bridgehead atoms. The van der Waals surface area contributed by atoms with Gasteiger partial charge < -0.3 is 0 Å². The molecule has 0 spiro atoms. The maximum absolute atomic E-state index is 8.62. The lowest BCUT2D eigenvalue weighted by molar-refractivity contribution is 0.443. The van der Waals surface area contributed by atoms with Gasteiger partial charge >= 0.3 is 0 Å². The SMILES string of the molecule is C#CCBr.[C-]#[N+]C(C#N)=C1CCC(C)CC1. The highest BCUT2D eigenvalue weighted by atomic mass is 79.9. The van der Waals surface area contributed by atoms with Crippen molar-refractivity contribution in [2.45, 2.75) is 32.6 Å². The van der Waals surface area contributed by atoms with E-state index in [2.05, 4.69) is 33.6 Å². The second-order valence-electron chi connectivity index (χ2n) is 3.70. The summed E-state index contributed by atoms with van der Waals surface area (Å²) in [6, 6.07) is 1.96. The van der Waals surface area contributed by atoms with E-state index in [1.807, 2.05) is 6.07 Å². The Morgan fingerprint density at radius 3 is 2.44 bits per heavy atom. The summed E-state index contributed by atoms with van der Waals surface area (Å²) >= 11 is 3.01. The number of alkyl halides is 1. The molecule has 0 heterocycles. The minimum Gasteiger partial charge on any atom is -0.227 e. The predicted molar refractivity (Wildman–Crippen MR) is 69.5 cm³/mol. The Morgan fingerprint density at radius 1 is 1.62 bits per heavy atom. The van der Waals surface area contributed by atoms with Crippen LogP contribution in [0.15, 0.2) is 11.3 Å². The summed E-state index contributed by atoms with van der Waals surface area (Å²) in [5.41, 5.74) is 1.41. The molecule has 3 heteroatoms. The Morgan fingerprint density at radius 2 is 2.12 bits per heavy atom. The molecule has 1 rings (SSSR count). The molecular formula is C13H15BrN2. The maximum atomic E-state index is 8.62. The fourth-order valence-electron chi connectivity index (χ4n) is 1.53. The van der Waals surface area contributed by atoms with Gasteiger partial charge in [-0.2, -0.15) is 0 Å². The topological polar surface area (TPSA) is 28.1 Å². The quantitative estimate of drug-likeness (QED) is 0.286. The summed E-state index contributed by atoms with van der Waals surface area (Å²) < 4.78 is 0. The van der Waals surface area contributed by atoms with E-state index in [-0.39, 0.29) is 0 Å². The van der Waals surface area contributed by atoms with Crippen LogP contribution < -0.4 is 0 Å². The molecule has 84 valence electrons. The van der Waals surface area contributed by atoms with Crippen LogP contribution in [0.25, 0.3) is 4.85 Å². The fraction of sp³-hybridized carbons (Fsp3) is 0.538. The Labute approximate surface area is 106 Å². The van der Waals surface area contributed by atoms with Crippen LogP contribution >= 0.6 is 15.9 Å². The summed E-state index contributed by atoms with van der Waals surface area (Å²) in [6.45, 7) is 9.01.